The largest absolute Gasteiger partial charge is 0.391 e. The van der Waals surface area contributed by atoms with Crippen molar-refractivity contribution in [1.29, 1.82) is 0 Å². The molecule has 0 saturated heterocycles. The van der Waals surface area contributed by atoms with E-state index in [1.54, 1.807) is 0 Å². The quantitative estimate of drug-likeness (QED) is 0.781. The molecule has 2 rings (SSSR count). The van der Waals surface area contributed by atoms with Crippen molar-refractivity contribution >= 4 is 0 Å². The van der Waals surface area contributed by atoms with E-state index in [-0.39, 0.29) is 12.1 Å². The molecule has 0 aromatic carbocycles. The maximum Gasteiger partial charge on any atom is 0.108 e. The Morgan fingerprint density at radius 1 is 1.50 bits per heavy atom. The Morgan fingerprint density at radius 3 is 3.00 bits per heavy atom. The van der Waals surface area contributed by atoms with Crippen molar-refractivity contribution in [1.82, 2.24) is 9.55 Å². The Balaban J connectivity index is 2.20. The molecule has 0 aliphatic heterocycles. The van der Waals surface area contributed by atoms with E-state index >= 15 is 0 Å². The van der Waals surface area contributed by atoms with Crippen LogP contribution < -0.4 is 0 Å². The molecule has 1 fully saturated rings. The van der Waals surface area contributed by atoms with Crippen LogP contribution in [0.5, 0.6) is 0 Å². The molecular formula is C11H18N2O. The highest BCUT2D eigenvalue weighted by Gasteiger charge is 2.25. The monoisotopic (exact) mass is 194 g/mol. The third-order valence-electron chi connectivity index (χ3n) is 3.12. The van der Waals surface area contributed by atoms with E-state index in [9.17, 15) is 5.11 Å². The van der Waals surface area contributed by atoms with Crippen LogP contribution in [-0.2, 0) is 6.42 Å². The second kappa shape index (κ2) is 4.13. The van der Waals surface area contributed by atoms with Crippen LogP contribution in [0.4, 0.5) is 0 Å². The number of hydrogen-bond donors (Lipinski definition) is 1. The molecule has 14 heavy (non-hydrogen) atoms. The van der Waals surface area contributed by atoms with Gasteiger partial charge in [0.2, 0.25) is 0 Å². The lowest BCUT2D eigenvalue weighted by atomic mass is 9.92. The van der Waals surface area contributed by atoms with Gasteiger partial charge in [0.1, 0.15) is 5.82 Å². The van der Waals surface area contributed by atoms with Crippen LogP contribution in [-0.4, -0.2) is 20.8 Å². The second-order valence-electron chi connectivity index (χ2n) is 4.02. The van der Waals surface area contributed by atoms with Gasteiger partial charge in [-0.05, 0) is 12.8 Å². The summed E-state index contributed by atoms with van der Waals surface area (Å²) in [5, 5.41) is 9.91. The number of hydrogen-bond acceptors (Lipinski definition) is 2. The number of aromatic nitrogens is 2. The van der Waals surface area contributed by atoms with Crippen LogP contribution in [0.15, 0.2) is 12.4 Å². The third-order valence-corrected chi connectivity index (χ3v) is 3.12. The lowest BCUT2D eigenvalue weighted by Crippen LogP contribution is -2.28. The Morgan fingerprint density at radius 2 is 2.29 bits per heavy atom. The lowest BCUT2D eigenvalue weighted by molar-refractivity contribution is 0.0741. The van der Waals surface area contributed by atoms with Crippen molar-refractivity contribution in [2.24, 2.45) is 0 Å². The van der Waals surface area contributed by atoms with Gasteiger partial charge in [-0.15, -0.1) is 0 Å². The molecule has 2 atom stereocenters. The Bertz CT molecular complexity index is 295. The standard InChI is InChI=1S/C11H18N2O/c1-2-11-12-7-8-13(11)9-5-3-4-6-10(9)14/h7-10,14H,2-6H2,1H3/t9-,10-/m1/s1. The van der Waals surface area contributed by atoms with Crippen molar-refractivity contribution < 1.29 is 5.11 Å². The summed E-state index contributed by atoms with van der Waals surface area (Å²) in [5.41, 5.74) is 0. The predicted octanol–water partition coefficient (Wildman–Crippen LogP) is 1.92. The Kier molecular flexibility index (Phi) is 2.87. The highest BCUT2D eigenvalue weighted by Crippen LogP contribution is 2.29. The van der Waals surface area contributed by atoms with E-state index in [0.29, 0.717) is 0 Å². The molecule has 3 nitrogen and oxygen atoms in total. The van der Waals surface area contributed by atoms with E-state index in [1.165, 1.54) is 6.42 Å². The first-order valence-corrected chi connectivity index (χ1v) is 5.52. The van der Waals surface area contributed by atoms with E-state index in [2.05, 4.69) is 16.5 Å². The molecule has 78 valence electrons. The fraction of sp³-hybridized carbons (Fsp3) is 0.727. The van der Waals surface area contributed by atoms with E-state index in [0.717, 1.165) is 31.5 Å². The summed E-state index contributed by atoms with van der Waals surface area (Å²) >= 11 is 0. The molecule has 1 saturated carbocycles. The highest BCUT2D eigenvalue weighted by atomic mass is 16.3. The lowest BCUT2D eigenvalue weighted by Gasteiger charge is -2.29. The molecule has 0 unspecified atom stereocenters. The zero-order valence-electron chi connectivity index (χ0n) is 8.69. The van der Waals surface area contributed by atoms with Gasteiger partial charge in [-0.25, -0.2) is 4.98 Å². The van der Waals surface area contributed by atoms with Crippen LogP contribution >= 0.6 is 0 Å². The Hall–Kier alpha value is -0.830. The SMILES string of the molecule is CCc1nccn1[C@@H]1CCCC[C@H]1O. The van der Waals surface area contributed by atoms with Crippen LogP contribution in [0.3, 0.4) is 0 Å². The van der Waals surface area contributed by atoms with Gasteiger partial charge in [0.05, 0.1) is 12.1 Å². The van der Waals surface area contributed by atoms with Crippen molar-refractivity contribution in [2.75, 3.05) is 0 Å². The van der Waals surface area contributed by atoms with Gasteiger partial charge in [0.25, 0.3) is 0 Å². The average Bonchev–Trinajstić information content (AvgIpc) is 2.66. The van der Waals surface area contributed by atoms with Gasteiger partial charge in [-0.3, -0.25) is 0 Å². The molecular weight excluding hydrogens is 176 g/mol. The fourth-order valence-corrected chi connectivity index (χ4v) is 2.34. The minimum Gasteiger partial charge on any atom is -0.391 e. The van der Waals surface area contributed by atoms with Crippen molar-refractivity contribution in [3.8, 4) is 0 Å². The predicted molar refractivity (Wildman–Crippen MR) is 55.1 cm³/mol. The molecule has 1 N–H and O–H groups in total. The van der Waals surface area contributed by atoms with Gasteiger partial charge in [0, 0.05) is 18.8 Å². The minimum atomic E-state index is -0.178. The summed E-state index contributed by atoms with van der Waals surface area (Å²) in [7, 11) is 0. The number of rotatable bonds is 2. The number of aryl methyl sites for hydroxylation is 1. The average molecular weight is 194 g/mol. The summed E-state index contributed by atoms with van der Waals surface area (Å²) in [6, 6.07) is 0.265. The highest BCUT2D eigenvalue weighted by molar-refractivity contribution is 4.97. The normalized spacial score (nSPS) is 27.9. The molecule has 0 radical (unpaired) electrons. The smallest absolute Gasteiger partial charge is 0.108 e. The van der Waals surface area contributed by atoms with Crippen LogP contribution in [0.1, 0.15) is 44.5 Å². The summed E-state index contributed by atoms with van der Waals surface area (Å²) < 4.78 is 2.16. The molecule has 1 aliphatic carbocycles. The fourth-order valence-electron chi connectivity index (χ4n) is 2.34. The summed E-state index contributed by atoms with van der Waals surface area (Å²) in [6.45, 7) is 2.11. The summed E-state index contributed by atoms with van der Waals surface area (Å²) in [5.74, 6) is 1.09. The minimum absolute atomic E-state index is 0.178. The van der Waals surface area contributed by atoms with Crippen molar-refractivity contribution in [3.63, 3.8) is 0 Å². The number of aliphatic hydroxyl groups excluding tert-OH is 1. The Labute approximate surface area is 84.8 Å². The molecule has 0 spiro atoms. The molecule has 0 bridgehead atoms. The zero-order valence-corrected chi connectivity index (χ0v) is 8.69. The molecule has 3 heteroatoms. The molecule has 0 amide bonds. The number of imidazole rings is 1. The maximum absolute atomic E-state index is 9.91. The van der Waals surface area contributed by atoms with Crippen LogP contribution in [0.25, 0.3) is 0 Å². The summed E-state index contributed by atoms with van der Waals surface area (Å²) in [6.07, 6.45) is 9.00. The van der Waals surface area contributed by atoms with Crippen molar-refractivity contribution in [2.45, 2.75) is 51.2 Å². The summed E-state index contributed by atoms with van der Waals surface area (Å²) in [4.78, 5) is 4.30. The number of aliphatic hydroxyl groups is 1. The topological polar surface area (TPSA) is 38.0 Å². The molecule has 1 aromatic rings. The van der Waals surface area contributed by atoms with Gasteiger partial charge >= 0.3 is 0 Å². The van der Waals surface area contributed by atoms with Crippen LogP contribution in [0, 0.1) is 0 Å². The molecule has 1 aromatic heterocycles. The first-order valence-electron chi connectivity index (χ1n) is 5.52. The van der Waals surface area contributed by atoms with Gasteiger partial charge in [0.15, 0.2) is 0 Å². The van der Waals surface area contributed by atoms with Gasteiger partial charge < -0.3 is 9.67 Å². The van der Waals surface area contributed by atoms with Gasteiger partial charge in [-0.1, -0.05) is 19.8 Å². The first-order chi connectivity index (χ1) is 6.83. The first kappa shape index (κ1) is 9.71. The molecule has 1 heterocycles. The third kappa shape index (κ3) is 1.69. The van der Waals surface area contributed by atoms with Crippen molar-refractivity contribution in [3.05, 3.63) is 18.2 Å². The zero-order chi connectivity index (χ0) is 9.97. The van der Waals surface area contributed by atoms with E-state index < -0.39 is 0 Å². The van der Waals surface area contributed by atoms with E-state index in [4.69, 9.17) is 0 Å². The van der Waals surface area contributed by atoms with Gasteiger partial charge in [-0.2, -0.15) is 0 Å². The maximum atomic E-state index is 9.91. The number of nitrogens with zero attached hydrogens (tertiary/aromatic N) is 2. The second-order valence-corrected chi connectivity index (χ2v) is 4.02. The molecule has 1 aliphatic rings. The van der Waals surface area contributed by atoms with Crippen LogP contribution in [0.2, 0.25) is 0 Å². The van der Waals surface area contributed by atoms with E-state index in [1.807, 2.05) is 12.4 Å².